The van der Waals surface area contributed by atoms with Crippen molar-refractivity contribution in [3.8, 4) is 5.75 Å². The minimum absolute atomic E-state index is 0.0224. The van der Waals surface area contributed by atoms with Gasteiger partial charge in [-0.1, -0.05) is 23.2 Å². The highest BCUT2D eigenvalue weighted by Crippen LogP contribution is 2.34. The van der Waals surface area contributed by atoms with Crippen molar-refractivity contribution in [2.24, 2.45) is 0 Å². The van der Waals surface area contributed by atoms with Crippen LogP contribution in [0.15, 0.2) is 12.1 Å². The molecule has 106 valence electrons. The van der Waals surface area contributed by atoms with Gasteiger partial charge < -0.3 is 15.7 Å². The van der Waals surface area contributed by atoms with Crippen molar-refractivity contribution in [1.29, 1.82) is 0 Å². The number of nitrogens with one attached hydrogen (secondary N) is 2. The molecule has 0 aromatic heterocycles. The fraction of sp³-hybridized carbons (Fsp3) is 0.462. The summed E-state index contributed by atoms with van der Waals surface area (Å²) >= 11 is 11.5. The zero-order chi connectivity index (χ0) is 14.6. The third-order valence-corrected chi connectivity index (χ3v) is 2.88. The first-order valence-electron chi connectivity index (χ1n) is 5.92. The number of anilines is 1. The maximum Gasteiger partial charge on any atom is 0.225 e. The highest BCUT2D eigenvalue weighted by atomic mass is 35.5. The number of halogens is 2. The van der Waals surface area contributed by atoms with Crippen molar-refractivity contribution < 1.29 is 9.90 Å². The molecule has 0 bridgehead atoms. The SMILES string of the molecule is CC(C)(C)NCCC(=O)Nc1cc(Cl)c(O)c(Cl)c1. The molecule has 0 radical (unpaired) electrons. The summed E-state index contributed by atoms with van der Waals surface area (Å²) in [6.45, 7) is 6.67. The van der Waals surface area contributed by atoms with E-state index in [2.05, 4.69) is 10.6 Å². The Morgan fingerprint density at radius 2 is 1.79 bits per heavy atom. The van der Waals surface area contributed by atoms with E-state index in [1.54, 1.807) is 0 Å². The van der Waals surface area contributed by atoms with E-state index in [1.165, 1.54) is 12.1 Å². The summed E-state index contributed by atoms with van der Waals surface area (Å²) in [5.41, 5.74) is 0.444. The number of hydrogen-bond acceptors (Lipinski definition) is 3. The molecule has 1 amide bonds. The lowest BCUT2D eigenvalue weighted by Crippen LogP contribution is -2.37. The van der Waals surface area contributed by atoms with Crippen LogP contribution >= 0.6 is 23.2 Å². The van der Waals surface area contributed by atoms with E-state index in [9.17, 15) is 9.90 Å². The highest BCUT2D eigenvalue weighted by molar-refractivity contribution is 6.37. The monoisotopic (exact) mass is 304 g/mol. The second-order valence-electron chi connectivity index (χ2n) is 5.26. The number of carbonyl (C=O) groups excluding carboxylic acids is 1. The Morgan fingerprint density at radius 1 is 1.26 bits per heavy atom. The van der Waals surface area contributed by atoms with Gasteiger partial charge in [0.2, 0.25) is 5.91 Å². The van der Waals surface area contributed by atoms with E-state index < -0.39 is 0 Å². The molecule has 4 nitrogen and oxygen atoms in total. The predicted molar refractivity (Wildman–Crippen MR) is 79.1 cm³/mol. The number of aromatic hydroxyl groups is 1. The van der Waals surface area contributed by atoms with Gasteiger partial charge in [-0.2, -0.15) is 0 Å². The summed E-state index contributed by atoms with van der Waals surface area (Å²) in [5.74, 6) is -0.328. The fourth-order valence-electron chi connectivity index (χ4n) is 1.41. The number of phenols is 1. The van der Waals surface area contributed by atoms with Crippen LogP contribution in [0.1, 0.15) is 27.2 Å². The van der Waals surface area contributed by atoms with E-state index in [0.717, 1.165) is 0 Å². The molecule has 0 heterocycles. The maximum atomic E-state index is 11.7. The number of carbonyl (C=O) groups is 1. The molecule has 0 fully saturated rings. The molecular formula is C13H18Cl2N2O2. The van der Waals surface area contributed by atoms with Crippen molar-refractivity contribution >= 4 is 34.8 Å². The molecule has 0 atom stereocenters. The first-order chi connectivity index (χ1) is 8.69. The molecule has 1 aromatic carbocycles. The van der Waals surface area contributed by atoms with Crippen LogP contribution in [-0.2, 0) is 4.79 Å². The van der Waals surface area contributed by atoms with Gasteiger partial charge >= 0.3 is 0 Å². The Balaban J connectivity index is 2.53. The molecule has 0 saturated heterocycles. The largest absolute Gasteiger partial charge is 0.505 e. The normalized spacial score (nSPS) is 11.4. The zero-order valence-corrected chi connectivity index (χ0v) is 12.7. The molecule has 6 heteroatoms. The second kappa shape index (κ2) is 6.46. The molecular weight excluding hydrogens is 287 g/mol. The minimum atomic E-state index is -0.185. The summed E-state index contributed by atoms with van der Waals surface area (Å²) in [4.78, 5) is 11.7. The van der Waals surface area contributed by atoms with Crippen LogP contribution in [-0.4, -0.2) is 23.1 Å². The van der Waals surface area contributed by atoms with Gasteiger partial charge in [0.25, 0.3) is 0 Å². The lowest BCUT2D eigenvalue weighted by atomic mass is 10.1. The molecule has 0 aliphatic rings. The van der Waals surface area contributed by atoms with Crippen LogP contribution in [0.25, 0.3) is 0 Å². The van der Waals surface area contributed by atoms with Gasteiger partial charge in [-0.25, -0.2) is 0 Å². The van der Waals surface area contributed by atoms with Gasteiger partial charge in [0.05, 0.1) is 10.0 Å². The smallest absolute Gasteiger partial charge is 0.225 e. The summed E-state index contributed by atoms with van der Waals surface area (Å²) in [6, 6.07) is 2.91. The van der Waals surface area contributed by atoms with Gasteiger partial charge in [0.1, 0.15) is 0 Å². The molecule has 19 heavy (non-hydrogen) atoms. The van der Waals surface area contributed by atoms with E-state index in [4.69, 9.17) is 23.2 Å². The Bertz CT molecular complexity index is 447. The molecule has 3 N–H and O–H groups in total. The van der Waals surface area contributed by atoms with Gasteiger partial charge in [-0.05, 0) is 32.9 Å². The molecule has 0 aliphatic carbocycles. The van der Waals surface area contributed by atoms with Gasteiger partial charge in [0.15, 0.2) is 5.75 Å². The third-order valence-electron chi connectivity index (χ3n) is 2.31. The van der Waals surface area contributed by atoms with E-state index in [1.807, 2.05) is 20.8 Å². The molecule has 0 saturated carbocycles. The number of benzene rings is 1. The number of rotatable bonds is 4. The molecule has 1 rings (SSSR count). The van der Waals surface area contributed by atoms with Crippen molar-refractivity contribution in [2.75, 3.05) is 11.9 Å². The van der Waals surface area contributed by atoms with Crippen molar-refractivity contribution in [2.45, 2.75) is 32.7 Å². The summed E-state index contributed by atoms with van der Waals surface area (Å²) in [7, 11) is 0. The molecule has 0 spiro atoms. The Morgan fingerprint density at radius 3 is 2.26 bits per heavy atom. The summed E-state index contributed by atoms with van der Waals surface area (Å²) in [6.07, 6.45) is 0.341. The lowest BCUT2D eigenvalue weighted by Gasteiger charge is -2.20. The maximum absolute atomic E-state index is 11.7. The van der Waals surface area contributed by atoms with Crippen LogP contribution in [0.4, 0.5) is 5.69 Å². The lowest BCUT2D eigenvalue weighted by molar-refractivity contribution is -0.116. The number of amides is 1. The Labute approximate surface area is 123 Å². The first kappa shape index (κ1) is 16.1. The minimum Gasteiger partial charge on any atom is -0.505 e. The Kier molecular flexibility index (Phi) is 5.47. The van der Waals surface area contributed by atoms with Gasteiger partial charge in [-0.3, -0.25) is 4.79 Å². The van der Waals surface area contributed by atoms with E-state index >= 15 is 0 Å². The highest BCUT2D eigenvalue weighted by Gasteiger charge is 2.11. The quantitative estimate of drug-likeness (QED) is 0.747. The second-order valence-corrected chi connectivity index (χ2v) is 6.08. The van der Waals surface area contributed by atoms with Crippen LogP contribution < -0.4 is 10.6 Å². The van der Waals surface area contributed by atoms with E-state index in [0.29, 0.717) is 18.7 Å². The summed E-state index contributed by atoms with van der Waals surface area (Å²) in [5, 5.41) is 15.5. The average Bonchev–Trinajstić information content (AvgIpc) is 2.23. The van der Waals surface area contributed by atoms with Crippen LogP contribution in [0.2, 0.25) is 10.0 Å². The van der Waals surface area contributed by atoms with Crippen molar-refractivity contribution in [3.05, 3.63) is 22.2 Å². The van der Waals surface area contributed by atoms with Crippen LogP contribution in [0.3, 0.4) is 0 Å². The third kappa shape index (κ3) is 5.68. The Hall–Kier alpha value is -0.970. The molecule has 1 aromatic rings. The molecule has 0 unspecified atom stereocenters. The van der Waals surface area contributed by atoms with Crippen molar-refractivity contribution in [1.82, 2.24) is 5.32 Å². The standard InChI is InChI=1S/C13H18Cl2N2O2/c1-13(2,3)16-5-4-11(18)17-8-6-9(14)12(19)10(15)7-8/h6-7,16,19H,4-5H2,1-3H3,(H,17,18). The zero-order valence-electron chi connectivity index (χ0n) is 11.2. The van der Waals surface area contributed by atoms with Gasteiger partial charge in [-0.15, -0.1) is 0 Å². The van der Waals surface area contributed by atoms with Crippen molar-refractivity contribution in [3.63, 3.8) is 0 Å². The van der Waals surface area contributed by atoms with Gasteiger partial charge in [0, 0.05) is 24.2 Å². The van der Waals surface area contributed by atoms with E-state index in [-0.39, 0.29) is 27.2 Å². The van der Waals surface area contributed by atoms with Crippen LogP contribution in [0, 0.1) is 0 Å². The average molecular weight is 305 g/mol. The predicted octanol–water partition coefficient (Wildman–Crippen LogP) is 3.42. The topological polar surface area (TPSA) is 61.4 Å². The summed E-state index contributed by atoms with van der Waals surface area (Å²) < 4.78 is 0. The van der Waals surface area contributed by atoms with Crippen LogP contribution in [0.5, 0.6) is 5.75 Å². The fourth-order valence-corrected chi connectivity index (χ4v) is 1.90. The molecule has 0 aliphatic heterocycles. The first-order valence-corrected chi connectivity index (χ1v) is 6.67. The number of phenolic OH excluding ortho intramolecular Hbond substituents is 1. The number of hydrogen-bond donors (Lipinski definition) is 3.